The second kappa shape index (κ2) is 6.99. The Labute approximate surface area is 156 Å². The van der Waals surface area contributed by atoms with Crippen molar-refractivity contribution in [3.8, 4) is 0 Å². The fourth-order valence-electron chi connectivity index (χ4n) is 5.06. The van der Waals surface area contributed by atoms with Gasteiger partial charge in [0.05, 0.1) is 11.5 Å². The third kappa shape index (κ3) is 3.83. The van der Waals surface area contributed by atoms with Gasteiger partial charge in [-0.15, -0.1) is 0 Å². The second-order valence-electron chi connectivity index (χ2n) is 8.62. The molecule has 1 spiro atoms. The summed E-state index contributed by atoms with van der Waals surface area (Å²) >= 11 is 0. The summed E-state index contributed by atoms with van der Waals surface area (Å²) in [6, 6.07) is 10.6. The lowest BCUT2D eigenvalue weighted by Gasteiger charge is -2.27. The number of carbonyl (C=O) groups excluding carboxylic acids is 1. The SMILES string of the molecule is O=C(NC(Cc1ccccc1)C1CCCC1)C1CC12CCS(=O)(=O)CC2. The van der Waals surface area contributed by atoms with Crippen LogP contribution in [0.3, 0.4) is 0 Å². The van der Waals surface area contributed by atoms with Crippen molar-refractivity contribution in [1.29, 1.82) is 0 Å². The minimum Gasteiger partial charge on any atom is -0.353 e. The lowest BCUT2D eigenvalue weighted by molar-refractivity contribution is -0.124. The molecule has 142 valence electrons. The van der Waals surface area contributed by atoms with Crippen molar-refractivity contribution >= 4 is 15.7 Å². The zero-order valence-electron chi connectivity index (χ0n) is 15.3. The van der Waals surface area contributed by atoms with E-state index in [2.05, 4.69) is 29.6 Å². The number of sulfone groups is 1. The van der Waals surface area contributed by atoms with Crippen LogP contribution in [0.1, 0.15) is 50.5 Å². The molecule has 1 aromatic carbocycles. The molecule has 3 aliphatic rings. The van der Waals surface area contributed by atoms with Crippen LogP contribution in [0.25, 0.3) is 0 Å². The number of benzene rings is 1. The Morgan fingerprint density at radius 1 is 1.12 bits per heavy atom. The van der Waals surface area contributed by atoms with Gasteiger partial charge in [0.15, 0.2) is 0 Å². The molecule has 1 heterocycles. The van der Waals surface area contributed by atoms with Crippen molar-refractivity contribution in [2.75, 3.05) is 11.5 Å². The van der Waals surface area contributed by atoms with E-state index in [1.807, 2.05) is 6.07 Å². The average Bonchev–Trinajstić information content (AvgIpc) is 3.07. The predicted molar refractivity (Wildman–Crippen MR) is 102 cm³/mol. The highest BCUT2D eigenvalue weighted by Crippen LogP contribution is 2.59. The highest BCUT2D eigenvalue weighted by atomic mass is 32.2. The molecular formula is C21H29NO3S. The Hall–Kier alpha value is -1.36. The minimum atomic E-state index is -2.87. The fourth-order valence-corrected chi connectivity index (χ4v) is 6.70. The average molecular weight is 376 g/mol. The van der Waals surface area contributed by atoms with E-state index in [1.54, 1.807) is 0 Å². The third-order valence-electron chi connectivity index (χ3n) is 6.92. The van der Waals surface area contributed by atoms with E-state index in [1.165, 1.54) is 31.2 Å². The molecule has 0 aromatic heterocycles. The molecule has 1 aliphatic heterocycles. The molecule has 1 N–H and O–H groups in total. The quantitative estimate of drug-likeness (QED) is 0.860. The van der Waals surface area contributed by atoms with Crippen molar-refractivity contribution < 1.29 is 13.2 Å². The Morgan fingerprint density at radius 2 is 1.77 bits per heavy atom. The summed E-state index contributed by atoms with van der Waals surface area (Å²) < 4.78 is 23.4. The summed E-state index contributed by atoms with van der Waals surface area (Å²) in [5.74, 6) is 1.27. The molecule has 1 amide bonds. The first-order valence-electron chi connectivity index (χ1n) is 10.0. The molecule has 2 aliphatic carbocycles. The molecule has 4 nitrogen and oxygen atoms in total. The van der Waals surface area contributed by atoms with Crippen LogP contribution in [0.15, 0.2) is 30.3 Å². The Morgan fingerprint density at radius 3 is 2.42 bits per heavy atom. The van der Waals surface area contributed by atoms with Crippen molar-refractivity contribution in [3.63, 3.8) is 0 Å². The van der Waals surface area contributed by atoms with Crippen LogP contribution >= 0.6 is 0 Å². The van der Waals surface area contributed by atoms with Gasteiger partial charge in [-0.2, -0.15) is 0 Å². The van der Waals surface area contributed by atoms with Crippen molar-refractivity contribution in [2.24, 2.45) is 17.3 Å². The fraction of sp³-hybridized carbons (Fsp3) is 0.667. The summed E-state index contributed by atoms with van der Waals surface area (Å²) in [6.07, 6.45) is 8.02. The van der Waals surface area contributed by atoms with Crippen LogP contribution < -0.4 is 5.32 Å². The molecule has 0 bridgehead atoms. The molecular weight excluding hydrogens is 346 g/mol. The molecule has 3 fully saturated rings. The smallest absolute Gasteiger partial charge is 0.223 e. The van der Waals surface area contributed by atoms with E-state index < -0.39 is 9.84 Å². The van der Waals surface area contributed by atoms with E-state index in [0.717, 1.165) is 12.8 Å². The van der Waals surface area contributed by atoms with Gasteiger partial charge < -0.3 is 5.32 Å². The molecule has 1 aromatic rings. The molecule has 26 heavy (non-hydrogen) atoms. The maximum Gasteiger partial charge on any atom is 0.223 e. The normalized spacial score (nSPS) is 27.9. The molecule has 2 atom stereocenters. The number of amides is 1. The molecule has 2 unspecified atom stereocenters. The Balaban J connectivity index is 1.40. The Kier molecular flexibility index (Phi) is 4.84. The number of carbonyl (C=O) groups is 1. The molecule has 5 heteroatoms. The van der Waals surface area contributed by atoms with Gasteiger partial charge in [-0.3, -0.25) is 4.79 Å². The van der Waals surface area contributed by atoms with Gasteiger partial charge in [-0.25, -0.2) is 8.42 Å². The van der Waals surface area contributed by atoms with Gasteiger partial charge >= 0.3 is 0 Å². The molecule has 1 saturated heterocycles. The van der Waals surface area contributed by atoms with Crippen LogP contribution in [-0.4, -0.2) is 31.9 Å². The van der Waals surface area contributed by atoms with Gasteiger partial charge in [0.2, 0.25) is 5.91 Å². The van der Waals surface area contributed by atoms with Crippen molar-refractivity contribution in [3.05, 3.63) is 35.9 Å². The predicted octanol–water partition coefficient (Wildman–Crippen LogP) is 3.12. The van der Waals surface area contributed by atoms with Gasteiger partial charge in [0.1, 0.15) is 9.84 Å². The largest absolute Gasteiger partial charge is 0.353 e. The number of hydrogen-bond acceptors (Lipinski definition) is 3. The van der Waals surface area contributed by atoms with Gasteiger partial charge in [-0.1, -0.05) is 43.2 Å². The van der Waals surface area contributed by atoms with Crippen LogP contribution in [0.4, 0.5) is 0 Å². The number of rotatable bonds is 5. The molecule has 0 radical (unpaired) electrons. The minimum absolute atomic E-state index is 0.0254. The van der Waals surface area contributed by atoms with Crippen LogP contribution in [-0.2, 0) is 21.1 Å². The number of hydrogen-bond donors (Lipinski definition) is 1. The van der Waals surface area contributed by atoms with E-state index in [-0.39, 0.29) is 34.8 Å². The topological polar surface area (TPSA) is 63.2 Å². The van der Waals surface area contributed by atoms with E-state index >= 15 is 0 Å². The Bertz CT molecular complexity index is 739. The maximum absolute atomic E-state index is 12.9. The van der Waals surface area contributed by atoms with E-state index in [0.29, 0.717) is 18.8 Å². The third-order valence-corrected chi connectivity index (χ3v) is 8.58. The van der Waals surface area contributed by atoms with Gasteiger partial charge in [0.25, 0.3) is 0 Å². The summed E-state index contributed by atoms with van der Waals surface area (Å²) in [5.41, 5.74) is 1.25. The van der Waals surface area contributed by atoms with Gasteiger partial charge in [-0.05, 0) is 55.4 Å². The van der Waals surface area contributed by atoms with E-state index in [4.69, 9.17) is 0 Å². The zero-order valence-corrected chi connectivity index (χ0v) is 16.1. The second-order valence-corrected chi connectivity index (χ2v) is 10.9. The summed E-state index contributed by atoms with van der Waals surface area (Å²) in [4.78, 5) is 12.9. The van der Waals surface area contributed by atoms with Crippen molar-refractivity contribution in [2.45, 2.75) is 57.4 Å². The molecule has 4 rings (SSSR count). The monoisotopic (exact) mass is 375 g/mol. The van der Waals surface area contributed by atoms with Gasteiger partial charge in [0, 0.05) is 12.0 Å². The highest BCUT2D eigenvalue weighted by Gasteiger charge is 2.59. The highest BCUT2D eigenvalue weighted by molar-refractivity contribution is 7.91. The first-order chi connectivity index (χ1) is 12.5. The lowest BCUT2D eigenvalue weighted by atomic mass is 9.91. The summed E-state index contributed by atoms with van der Waals surface area (Å²) in [5, 5.41) is 3.37. The standard InChI is InChI=1S/C21H29NO3S/c23-20(18-15-21(18)10-12-26(24,25)13-11-21)22-19(17-8-4-5-9-17)14-16-6-2-1-3-7-16/h1-3,6-7,17-19H,4-5,8-15H2,(H,22,23). The first kappa shape index (κ1) is 18.0. The zero-order chi connectivity index (χ0) is 18.2. The molecule has 2 saturated carbocycles. The summed E-state index contributed by atoms with van der Waals surface area (Å²) in [6.45, 7) is 0. The van der Waals surface area contributed by atoms with Crippen molar-refractivity contribution in [1.82, 2.24) is 5.32 Å². The number of nitrogens with one attached hydrogen (secondary N) is 1. The van der Waals surface area contributed by atoms with Crippen LogP contribution in [0.2, 0.25) is 0 Å². The van der Waals surface area contributed by atoms with E-state index in [9.17, 15) is 13.2 Å². The van der Waals surface area contributed by atoms with Crippen LogP contribution in [0, 0.1) is 17.3 Å². The maximum atomic E-state index is 12.9. The lowest BCUT2D eigenvalue weighted by Crippen LogP contribution is -2.43. The summed E-state index contributed by atoms with van der Waals surface area (Å²) in [7, 11) is -2.87. The van der Waals surface area contributed by atoms with Crippen LogP contribution in [0.5, 0.6) is 0 Å². The first-order valence-corrected chi connectivity index (χ1v) is 11.8.